The summed E-state index contributed by atoms with van der Waals surface area (Å²) in [6, 6.07) is 0. The van der Waals surface area contributed by atoms with Gasteiger partial charge >= 0.3 is 5.97 Å². The lowest BCUT2D eigenvalue weighted by Gasteiger charge is -2.05. The molecule has 130 valence electrons. The minimum absolute atomic E-state index is 0.0543. The largest absolute Gasteiger partial charge is 0.481 e. The number of carboxylic acids is 1. The lowest BCUT2D eigenvalue weighted by atomic mass is 10.1. The first-order chi connectivity index (χ1) is 11.1. The maximum atomic E-state index is 11.7. The van der Waals surface area contributed by atoms with Crippen molar-refractivity contribution in [1.29, 1.82) is 0 Å². The number of aryl methyl sites for hydroxylation is 1. The van der Waals surface area contributed by atoms with Crippen LogP contribution in [0.4, 0.5) is 0 Å². The average Bonchev–Trinajstić information content (AvgIpc) is 2.89. The van der Waals surface area contributed by atoms with Gasteiger partial charge in [0.15, 0.2) is 5.82 Å². The van der Waals surface area contributed by atoms with Crippen LogP contribution in [-0.4, -0.2) is 43.7 Å². The maximum Gasteiger partial charge on any atom is 0.303 e. The molecule has 1 amide bonds. The van der Waals surface area contributed by atoms with E-state index >= 15 is 0 Å². The summed E-state index contributed by atoms with van der Waals surface area (Å²) in [4.78, 5) is 22.0. The van der Waals surface area contributed by atoms with Gasteiger partial charge in [0, 0.05) is 20.0 Å². The van der Waals surface area contributed by atoms with Gasteiger partial charge in [0.1, 0.15) is 0 Å². The third-order valence-electron chi connectivity index (χ3n) is 3.67. The smallest absolute Gasteiger partial charge is 0.303 e. The molecular formula is C15H27N5O3. The first kappa shape index (κ1) is 19.1. The van der Waals surface area contributed by atoms with Crippen LogP contribution < -0.4 is 5.32 Å². The van der Waals surface area contributed by atoms with Crippen LogP contribution in [0.2, 0.25) is 0 Å². The van der Waals surface area contributed by atoms with Crippen LogP contribution in [0.5, 0.6) is 0 Å². The quantitative estimate of drug-likeness (QED) is 0.531. The van der Waals surface area contributed by atoms with Crippen molar-refractivity contribution >= 4 is 11.9 Å². The van der Waals surface area contributed by atoms with Crippen molar-refractivity contribution in [3.05, 3.63) is 5.82 Å². The van der Waals surface area contributed by atoms with Gasteiger partial charge in [0.25, 0.3) is 0 Å². The van der Waals surface area contributed by atoms with Crippen LogP contribution in [0.15, 0.2) is 0 Å². The summed E-state index contributed by atoms with van der Waals surface area (Å²) in [5.74, 6) is -0.200. The molecule has 0 saturated carbocycles. The van der Waals surface area contributed by atoms with Crippen molar-refractivity contribution in [2.24, 2.45) is 7.05 Å². The van der Waals surface area contributed by atoms with E-state index in [1.807, 2.05) is 0 Å². The van der Waals surface area contributed by atoms with E-state index in [4.69, 9.17) is 5.11 Å². The van der Waals surface area contributed by atoms with Crippen molar-refractivity contribution in [2.45, 2.75) is 64.2 Å². The summed E-state index contributed by atoms with van der Waals surface area (Å²) in [5.41, 5.74) is 0. The summed E-state index contributed by atoms with van der Waals surface area (Å²) >= 11 is 0. The SMILES string of the molecule is Cn1nnnc1CC(=O)NCCCCCCCCCCC(=O)O. The van der Waals surface area contributed by atoms with E-state index in [0.29, 0.717) is 12.4 Å². The average molecular weight is 325 g/mol. The third kappa shape index (κ3) is 9.59. The first-order valence-corrected chi connectivity index (χ1v) is 8.29. The molecular weight excluding hydrogens is 298 g/mol. The number of carboxylic acid groups (broad SMARTS) is 1. The molecule has 0 aliphatic carbocycles. The number of rotatable bonds is 13. The molecule has 0 aliphatic rings. The number of hydrogen-bond acceptors (Lipinski definition) is 5. The second-order valence-corrected chi connectivity index (χ2v) is 5.72. The van der Waals surface area contributed by atoms with Crippen molar-refractivity contribution in [2.75, 3.05) is 6.54 Å². The van der Waals surface area contributed by atoms with Gasteiger partial charge in [0.2, 0.25) is 5.91 Å². The zero-order chi connectivity index (χ0) is 16.9. The minimum atomic E-state index is -0.706. The predicted molar refractivity (Wildman–Crippen MR) is 84.7 cm³/mol. The van der Waals surface area contributed by atoms with Crippen LogP contribution in [0.1, 0.15) is 63.6 Å². The number of hydrogen-bond donors (Lipinski definition) is 2. The molecule has 0 unspecified atom stereocenters. The Morgan fingerprint density at radius 1 is 1.04 bits per heavy atom. The molecule has 0 atom stereocenters. The van der Waals surface area contributed by atoms with Gasteiger partial charge in [-0.3, -0.25) is 9.59 Å². The molecule has 0 radical (unpaired) electrons. The molecule has 0 aromatic carbocycles. The van der Waals surface area contributed by atoms with Gasteiger partial charge in [-0.05, 0) is 23.3 Å². The highest BCUT2D eigenvalue weighted by Crippen LogP contribution is 2.09. The normalized spacial score (nSPS) is 10.7. The minimum Gasteiger partial charge on any atom is -0.481 e. The Balaban J connectivity index is 1.87. The number of amides is 1. The van der Waals surface area contributed by atoms with Crippen molar-refractivity contribution < 1.29 is 14.7 Å². The zero-order valence-corrected chi connectivity index (χ0v) is 13.8. The fourth-order valence-electron chi connectivity index (χ4n) is 2.29. The number of tetrazole rings is 1. The third-order valence-corrected chi connectivity index (χ3v) is 3.67. The lowest BCUT2D eigenvalue weighted by Crippen LogP contribution is -2.27. The van der Waals surface area contributed by atoms with Crippen molar-refractivity contribution in [3.8, 4) is 0 Å². The van der Waals surface area contributed by atoms with Crippen LogP contribution in [0.25, 0.3) is 0 Å². The molecule has 1 aromatic heterocycles. The highest BCUT2D eigenvalue weighted by Gasteiger charge is 2.08. The molecule has 8 heteroatoms. The molecule has 2 N–H and O–H groups in total. The lowest BCUT2D eigenvalue weighted by molar-refractivity contribution is -0.137. The Morgan fingerprint density at radius 2 is 1.65 bits per heavy atom. The number of carbonyl (C=O) groups excluding carboxylic acids is 1. The van der Waals surface area contributed by atoms with Crippen molar-refractivity contribution in [1.82, 2.24) is 25.5 Å². The topological polar surface area (TPSA) is 110 Å². The van der Waals surface area contributed by atoms with Crippen molar-refractivity contribution in [3.63, 3.8) is 0 Å². The number of nitrogens with zero attached hydrogens (tertiary/aromatic N) is 4. The molecule has 0 saturated heterocycles. The van der Waals surface area contributed by atoms with Gasteiger partial charge in [-0.1, -0.05) is 38.5 Å². The molecule has 1 heterocycles. The predicted octanol–water partition coefficient (Wildman–Crippen LogP) is 1.46. The standard InChI is InChI=1S/C15H27N5O3/c1-20-13(17-18-19-20)12-14(21)16-11-9-7-5-3-2-4-6-8-10-15(22)23/h2-12H2,1H3,(H,16,21)(H,22,23). The van der Waals surface area contributed by atoms with Gasteiger partial charge in [-0.15, -0.1) is 5.10 Å². The second-order valence-electron chi connectivity index (χ2n) is 5.72. The molecule has 0 fully saturated rings. The number of aliphatic carboxylic acids is 1. The first-order valence-electron chi connectivity index (χ1n) is 8.29. The Hall–Kier alpha value is -1.99. The second kappa shape index (κ2) is 11.6. The van der Waals surface area contributed by atoms with E-state index in [0.717, 1.165) is 44.9 Å². The monoisotopic (exact) mass is 325 g/mol. The van der Waals surface area contributed by atoms with E-state index in [1.165, 1.54) is 11.1 Å². The molecule has 1 aromatic rings. The van der Waals surface area contributed by atoms with Gasteiger partial charge in [-0.2, -0.15) is 0 Å². The maximum absolute atomic E-state index is 11.7. The molecule has 0 spiro atoms. The zero-order valence-electron chi connectivity index (χ0n) is 13.8. The molecule has 23 heavy (non-hydrogen) atoms. The summed E-state index contributed by atoms with van der Waals surface area (Å²) in [7, 11) is 1.71. The Bertz CT molecular complexity index is 475. The Kier molecular flexibility index (Phi) is 9.58. The van der Waals surface area contributed by atoms with Crippen LogP contribution in [0.3, 0.4) is 0 Å². The van der Waals surface area contributed by atoms with E-state index in [1.54, 1.807) is 7.05 Å². The summed E-state index contributed by atoms with van der Waals surface area (Å²) in [6.45, 7) is 0.683. The van der Waals surface area contributed by atoms with Gasteiger partial charge < -0.3 is 10.4 Å². The number of unbranched alkanes of at least 4 members (excludes halogenated alkanes) is 7. The fourth-order valence-corrected chi connectivity index (χ4v) is 2.29. The summed E-state index contributed by atoms with van der Waals surface area (Å²) < 4.78 is 1.50. The van der Waals surface area contributed by atoms with E-state index in [9.17, 15) is 9.59 Å². The highest BCUT2D eigenvalue weighted by atomic mass is 16.4. The summed E-state index contributed by atoms with van der Waals surface area (Å²) in [5, 5.41) is 22.3. The van der Waals surface area contributed by atoms with E-state index in [2.05, 4.69) is 20.8 Å². The van der Waals surface area contributed by atoms with Crippen LogP contribution in [-0.2, 0) is 23.1 Å². The van der Waals surface area contributed by atoms with Crippen LogP contribution in [0, 0.1) is 0 Å². The number of nitrogens with one attached hydrogen (secondary N) is 1. The van der Waals surface area contributed by atoms with Gasteiger partial charge in [-0.25, -0.2) is 4.68 Å². The molecule has 1 rings (SSSR count). The number of carbonyl (C=O) groups is 2. The van der Waals surface area contributed by atoms with Gasteiger partial charge in [0.05, 0.1) is 6.42 Å². The molecule has 0 bridgehead atoms. The Labute approximate surface area is 136 Å². The molecule has 8 nitrogen and oxygen atoms in total. The van der Waals surface area contributed by atoms with Crippen LogP contribution >= 0.6 is 0 Å². The highest BCUT2D eigenvalue weighted by molar-refractivity contribution is 5.77. The Morgan fingerprint density at radius 3 is 2.22 bits per heavy atom. The molecule has 0 aliphatic heterocycles. The number of aromatic nitrogens is 4. The van der Waals surface area contributed by atoms with E-state index < -0.39 is 5.97 Å². The summed E-state index contributed by atoms with van der Waals surface area (Å²) in [6.07, 6.45) is 8.93. The fraction of sp³-hybridized carbons (Fsp3) is 0.800. The van der Waals surface area contributed by atoms with E-state index in [-0.39, 0.29) is 18.7 Å².